The lowest BCUT2D eigenvalue weighted by molar-refractivity contribution is 0.706. The van der Waals surface area contributed by atoms with Crippen molar-refractivity contribution in [3.05, 3.63) is 6.42 Å². The van der Waals surface area contributed by atoms with Gasteiger partial charge in [0, 0.05) is 0 Å². The quantitative estimate of drug-likeness (QED) is 0.483. The van der Waals surface area contributed by atoms with Gasteiger partial charge in [-0.1, -0.05) is 6.92 Å². The summed E-state index contributed by atoms with van der Waals surface area (Å²) in [6, 6.07) is 2.05. The normalized spacial score (nSPS) is 23.4. The minimum Gasteiger partial charge on any atom is -0.198 e. The Kier molecular flexibility index (Phi) is 0.815. The maximum absolute atomic E-state index is 8.14. The SMILES string of the molecule is CC1([CH]C#N)CC1. The Morgan fingerprint density at radius 1 is 1.71 bits per heavy atom. The number of hydrogen-bond acceptors (Lipinski definition) is 1. The third kappa shape index (κ3) is 0.928. The van der Waals surface area contributed by atoms with Gasteiger partial charge in [-0.2, -0.15) is 5.26 Å². The fourth-order valence-electron chi connectivity index (χ4n) is 0.497. The molecule has 0 heterocycles. The van der Waals surface area contributed by atoms with Crippen LogP contribution in [0, 0.1) is 23.2 Å². The predicted molar refractivity (Wildman–Crippen MR) is 27.3 cm³/mol. The van der Waals surface area contributed by atoms with Crippen molar-refractivity contribution in [3.8, 4) is 6.07 Å². The van der Waals surface area contributed by atoms with Gasteiger partial charge in [0.2, 0.25) is 0 Å². The van der Waals surface area contributed by atoms with E-state index in [2.05, 4.69) is 6.92 Å². The average Bonchev–Trinajstić information content (AvgIpc) is 2.22. The Hall–Kier alpha value is -0.510. The fourth-order valence-corrected chi connectivity index (χ4v) is 0.497. The van der Waals surface area contributed by atoms with E-state index in [0.717, 1.165) is 0 Å². The molecule has 0 atom stereocenters. The van der Waals surface area contributed by atoms with Crippen LogP contribution in [0.15, 0.2) is 0 Å². The molecule has 0 amide bonds. The van der Waals surface area contributed by atoms with Gasteiger partial charge >= 0.3 is 0 Å². The van der Waals surface area contributed by atoms with Crippen LogP contribution in [-0.4, -0.2) is 0 Å². The highest BCUT2D eigenvalue weighted by molar-refractivity contribution is 5.11. The summed E-state index contributed by atoms with van der Waals surface area (Å²) in [6.07, 6.45) is 4.15. The summed E-state index contributed by atoms with van der Waals surface area (Å²) in [5.41, 5.74) is 0.314. The van der Waals surface area contributed by atoms with Gasteiger partial charge in [-0.3, -0.25) is 0 Å². The van der Waals surface area contributed by atoms with E-state index in [1.54, 1.807) is 6.42 Å². The van der Waals surface area contributed by atoms with Gasteiger partial charge in [0.05, 0.1) is 12.5 Å². The summed E-state index contributed by atoms with van der Waals surface area (Å²) < 4.78 is 0. The predicted octanol–water partition coefficient (Wildman–Crippen LogP) is 1.51. The molecule has 0 aromatic carbocycles. The van der Waals surface area contributed by atoms with Crippen LogP contribution >= 0.6 is 0 Å². The van der Waals surface area contributed by atoms with Crippen molar-refractivity contribution >= 4 is 0 Å². The summed E-state index contributed by atoms with van der Waals surface area (Å²) in [5, 5.41) is 8.14. The standard InChI is InChI=1S/C6H8N/c1-6(2-3-6)4-5-7/h4H,2-3H2,1H3. The Morgan fingerprint density at radius 2 is 2.29 bits per heavy atom. The van der Waals surface area contributed by atoms with E-state index in [-0.39, 0.29) is 0 Å². The second kappa shape index (κ2) is 1.23. The van der Waals surface area contributed by atoms with Crippen LogP contribution in [0.2, 0.25) is 0 Å². The molecule has 1 heteroatoms. The van der Waals surface area contributed by atoms with Crippen LogP contribution in [0.1, 0.15) is 19.8 Å². The van der Waals surface area contributed by atoms with Crippen LogP contribution in [0.4, 0.5) is 0 Å². The second-order valence-corrected chi connectivity index (χ2v) is 2.43. The van der Waals surface area contributed by atoms with Gasteiger partial charge in [0.15, 0.2) is 0 Å². The van der Waals surface area contributed by atoms with E-state index in [4.69, 9.17) is 5.26 Å². The number of nitrogens with zero attached hydrogens (tertiary/aromatic N) is 1. The van der Waals surface area contributed by atoms with Gasteiger partial charge in [0.25, 0.3) is 0 Å². The lowest BCUT2D eigenvalue weighted by Gasteiger charge is -1.93. The average molecular weight is 94.1 g/mol. The van der Waals surface area contributed by atoms with E-state index in [0.29, 0.717) is 5.41 Å². The van der Waals surface area contributed by atoms with E-state index in [1.807, 2.05) is 6.07 Å². The molecule has 1 aliphatic carbocycles. The minimum atomic E-state index is 0.314. The smallest absolute Gasteiger partial charge is 0.0680 e. The summed E-state index contributed by atoms with van der Waals surface area (Å²) >= 11 is 0. The molecule has 0 spiro atoms. The molecular formula is C6H8N. The molecule has 0 N–H and O–H groups in total. The maximum Gasteiger partial charge on any atom is 0.0680 e. The Balaban J connectivity index is 2.30. The van der Waals surface area contributed by atoms with Crippen LogP contribution < -0.4 is 0 Å². The number of rotatable bonds is 1. The highest BCUT2D eigenvalue weighted by Crippen LogP contribution is 2.46. The van der Waals surface area contributed by atoms with Crippen LogP contribution in [0.5, 0.6) is 0 Å². The van der Waals surface area contributed by atoms with Gasteiger partial charge < -0.3 is 0 Å². The Morgan fingerprint density at radius 3 is 2.43 bits per heavy atom. The van der Waals surface area contributed by atoms with Crippen molar-refractivity contribution < 1.29 is 0 Å². The molecule has 1 nitrogen and oxygen atoms in total. The fraction of sp³-hybridized carbons (Fsp3) is 0.667. The van der Waals surface area contributed by atoms with Gasteiger partial charge in [-0.25, -0.2) is 0 Å². The first-order valence-corrected chi connectivity index (χ1v) is 2.51. The topological polar surface area (TPSA) is 23.8 Å². The van der Waals surface area contributed by atoms with Crippen LogP contribution in [0.3, 0.4) is 0 Å². The van der Waals surface area contributed by atoms with Crippen LogP contribution in [-0.2, 0) is 0 Å². The first-order chi connectivity index (χ1) is 3.27. The largest absolute Gasteiger partial charge is 0.198 e. The van der Waals surface area contributed by atoms with E-state index >= 15 is 0 Å². The summed E-state index contributed by atoms with van der Waals surface area (Å²) in [4.78, 5) is 0. The molecule has 1 aliphatic rings. The van der Waals surface area contributed by atoms with Crippen molar-refractivity contribution in [2.75, 3.05) is 0 Å². The highest BCUT2D eigenvalue weighted by Gasteiger charge is 2.36. The molecule has 0 aromatic heterocycles. The molecule has 1 saturated carbocycles. The molecular weight excluding hydrogens is 86.1 g/mol. The molecule has 0 saturated heterocycles. The Labute approximate surface area is 44.0 Å². The van der Waals surface area contributed by atoms with E-state index in [9.17, 15) is 0 Å². The molecule has 1 rings (SSSR count). The van der Waals surface area contributed by atoms with Crippen molar-refractivity contribution in [2.45, 2.75) is 19.8 Å². The van der Waals surface area contributed by atoms with E-state index < -0.39 is 0 Å². The van der Waals surface area contributed by atoms with Crippen LogP contribution in [0.25, 0.3) is 0 Å². The summed E-state index contributed by atoms with van der Waals surface area (Å²) in [5.74, 6) is 0. The molecule has 0 unspecified atom stereocenters. The summed E-state index contributed by atoms with van der Waals surface area (Å²) in [6.45, 7) is 2.11. The molecule has 0 aliphatic heterocycles. The van der Waals surface area contributed by atoms with Gasteiger partial charge in [-0.15, -0.1) is 0 Å². The Bertz CT molecular complexity index is 106. The lowest BCUT2D eigenvalue weighted by Crippen LogP contribution is -1.88. The summed E-state index contributed by atoms with van der Waals surface area (Å²) in [7, 11) is 0. The monoisotopic (exact) mass is 94.1 g/mol. The first-order valence-electron chi connectivity index (χ1n) is 2.51. The third-order valence-electron chi connectivity index (χ3n) is 1.45. The zero-order chi connectivity index (χ0) is 5.33. The number of hydrogen-bond donors (Lipinski definition) is 0. The van der Waals surface area contributed by atoms with Crippen molar-refractivity contribution in [1.29, 1.82) is 5.26 Å². The van der Waals surface area contributed by atoms with E-state index in [1.165, 1.54) is 12.8 Å². The molecule has 1 radical (unpaired) electrons. The van der Waals surface area contributed by atoms with Crippen molar-refractivity contribution in [1.82, 2.24) is 0 Å². The molecule has 7 heavy (non-hydrogen) atoms. The number of nitriles is 1. The molecule has 1 fully saturated rings. The highest BCUT2D eigenvalue weighted by atomic mass is 14.4. The lowest BCUT2D eigenvalue weighted by atomic mass is 10.1. The molecule has 0 aromatic rings. The molecule has 0 bridgehead atoms. The maximum atomic E-state index is 8.14. The zero-order valence-electron chi connectivity index (χ0n) is 4.44. The molecule has 37 valence electrons. The zero-order valence-corrected chi connectivity index (χ0v) is 4.44. The van der Waals surface area contributed by atoms with Crippen molar-refractivity contribution in [3.63, 3.8) is 0 Å². The van der Waals surface area contributed by atoms with Gasteiger partial charge in [-0.05, 0) is 18.3 Å². The third-order valence-corrected chi connectivity index (χ3v) is 1.45. The second-order valence-electron chi connectivity index (χ2n) is 2.43. The van der Waals surface area contributed by atoms with Crippen molar-refractivity contribution in [2.24, 2.45) is 5.41 Å². The van der Waals surface area contributed by atoms with Gasteiger partial charge in [0.1, 0.15) is 0 Å². The first kappa shape index (κ1) is 4.64. The minimum absolute atomic E-state index is 0.314.